The monoisotopic (exact) mass is 338 g/mol. The van der Waals surface area contributed by atoms with Crippen molar-refractivity contribution in [2.75, 3.05) is 19.0 Å². The van der Waals surface area contributed by atoms with Crippen molar-refractivity contribution in [2.45, 2.75) is 6.92 Å². The number of carbonyl (C=O) groups excluding carboxylic acids is 1. The van der Waals surface area contributed by atoms with E-state index in [0.717, 1.165) is 0 Å². The minimum Gasteiger partial charge on any atom is -0.504 e. The molecule has 0 heterocycles. The van der Waals surface area contributed by atoms with Crippen LogP contribution in [0, 0.1) is 11.3 Å². The third kappa shape index (κ3) is 4.75. The summed E-state index contributed by atoms with van der Waals surface area (Å²) in [5, 5.41) is 21.5. The van der Waals surface area contributed by atoms with Gasteiger partial charge in [-0.1, -0.05) is 12.1 Å². The van der Waals surface area contributed by atoms with Gasteiger partial charge >= 0.3 is 0 Å². The highest BCUT2D eigenvalue weighted by atomic mass is 16.5. The molecule has 0 aliphatic rings. The van der Waals surface area contributed by atoms with Gasteiger partial charge in [-0.3, -0.25) is 4.79 Å². The van der Waals surface area contributed by atoms with Crippen molar-refractivity contribution >= 4 is 17.7 Å². The molecule has 0 saturated carbocycles. The van der Waals surface area contributed by atoms with Crippen molar-refractivity contribution in [3.63, 3.8) is 0 Å². The maximum absolute atomic E-state index is 12.3. The van der Waals surface area contributed by atoms with Crippen molar-refractivity contribution in [2.24, 2.45) is 0 Å². The summed E-state index contributed by atoms with van der Waals surface area (Å²) >= 11 is 0. The molecule has 6 heteroatoms. The number of methoxy groups -OCH3 is 1. The molecular formula is C19H18N2O4. The smallest absolute Gasteiger partial charge is 0.266 e. The van der Waals surface area contributed by atoms with E-state index in [1.807, 2.05) is 13.0 Å². The van der Waals surface area contributed by atoms with Crippen molar-refractivity contribution in [1.29, 1.82) is 5.26 Å². The second-order valence-electron chi connectivity index (χ2n) is 5.02. The summed E-state index contributed by atoms with van der Waals surface area (Å²) in [6.45, 7) is 2.39. The molecule has 0 unspecified atom stereocenters. The highest BCUT2D eigenvalue weighted by Crippen LogP contribution is 2.27. The topological polar surface area (TPSA) is 91.6 Å². The molecule has 1 amide bonds. The second kappa shape index (κ2) is 8.41. The van der Waals surface area contributed by atoms with Crippen LogP contribution in [-0.2, 0) is 4.79 Å². The lowest BCUT2D eigenvalue weighted by Gasteiger charge is -2.08. The molecule has 128 valence electrons. The Hall–Kier alpha value is -3.46. The quantitative estimate of drug-likeness (QED) is 0.622. The number of phenols is 1. The van der Waals surface area contributed by atoms with E-state index in [2.05, 4.69) is 5.32 Å². The Kier molecular flexibility index (Phi) is 6.02. The van der Waals surface area contributed by atoms with Crippen LogP contribution < -0.4 is 14.8 Å². The zero-order valence-electron chi connectivity index (χ0n) is 13.9. The van der Waals surface area contributed by atoms with Gasteiger partial charge in [0.05, 0.1) is 13.7 Å². The van der Waals surface area contributed by atoms with Crippen LogP contribution in [0.4, 0.5) is 5.69 Å². The SMILES string of the molecule is CCOc1cccc(NC(=O)/C(C#N)=C/c2ccc(O)c(OC)c2)c1. The Bertz CT molecular complexity index is 838. The highest BCUT2D eigenvalue weighted by molar-refractivity contribution is 6.09. The van der Waals surface area contributed by atoms with E-state index in [0.29, 0.717) is 23.6 Å². The first-order chi connectivity index (χ1) is 12.1. The number of anilines is 1. The molecule has 0 aliphatic carbocycles. The van der Waals surface area contributed by atoms with E-state index in [9.17, 15) is 15.2 Å². The summed E-state index contributed by atoms with van der Waals surface area (Å²) in [5.41, 5.74) is 1.01. The number of carbonyl (C=O) groups is 1. The molecular weight excluding hydrogens is 320 g/mol. The number of hydrogen-bond acceptors (Lipinski definition) is 5. The first-order valence-electron chi connectivity index (χ1n) is 7.60. The zero-order chi connectivity index (χ0) is 18.2. The van der Waals surface area contributed by atoms with Gasteiger partial charge in [0, 0.05) is 11.8 Å². The Balaban J connectivity index is 2.21. The van der Waals surface area contributed by atoms with Crippen LogP contribution in [0.2, 0.25) is 0 Å². The van der Waals surface area contributed by atoms with Crippen LogP contribution in [0.3, 0.4) is 0 Å². The van der Waals surface area contributed by atoms with Crippen LogP contribution in [-0.4, -0.2) is 24.7 Å². The van der Waals surface area contributed by atoms with E-state index in [-0.39, 0.29) is 17.1 Å². The maximum Gasteiger partial charge on any atom is 0.266 e. The zero-order valence-corrected chi connectivity index (χ0v) is 13.9. The lowest BCUT2D eigenvalue weighted by Crippen LogP contribution is -2.13. The van der Waals surface area contributed by atoms with Gasteiger partial charge in [0.25, 0.3) is 5.91 Å². The van der Waals surface area contributed by atoms with Crippen molar-refractivity contribution in [1.82, 2.24) is 0 Å². The molecule has 2 aromatic carbocycles. The second-order valence-corrected chi connectivity index (χ2v) is 5.02. The van der Waals surface area contributed by atoms with Gasteiger partial charge in [-0.15, -0.1) is 0 Å². The van der Waals surface area contributed by atoms with Crippen molar-refractivity contribution < 1.29 is 19.4 Å². The predicted octanol–water partition coefficient (Wildman–Crippen LogP) is 3.35. The summed E-state index contributed by atoms with van der Waals surface area (Å²) in [5.74, 6) is 0.334. The number of amides is 1. The standard InChI is InChI=1S/C19H18N2O4/c1-3-25-16-6-4-5-15(11-16)21-19(23)14(12-20)9-13-7-8-17(22)18(10-13)24-2/h4-11,22H,3H2,1-2H3,(H,21,23)/b14-9+. The van der Waals surface area contributed by atoms with Gasteiger partial charge in [-0.25, -0.2) is 0 Å². The molecule has 25 heavy (non-hydrogen) atoms. The minimum atomic E-state index is -0.539. The van der Waals surface area contributed by atoms with E-state index in [1.165, 1.54) is 25.3 Å². The third-order valence-electron chi connectivity index (χ3n) is 3.28. The Morgan fingerprint density at radius 2 is 2.12 bits per heavy atom. The molecule has 6 nitrogen and oxygen atoms in total. The molecule has 0 atom stereocenters. The summed E-state index contributed by atoms with van der Waals surface area (Å²) in [4.78, 5) is 12.3. The first-order valence-corrected chi connectivity index (χ1v) is 7.60. The molecule has 0 spiro atoms. The summed E-state index contributed by atoms with van der Waals surface area (Å²) in [6, 6.07) is 13.3. The number of phenolic OH excluding ortho intramolecular Hbond substituents is 1. The number of hydrogen-bond donors (Lipinski definition) is 2. The molecule has 0 fully saturated rings. The predicted molar refractivity (Wildman–Crippen MR) is 94.5 cm³/mol. The average molecular weight is 338 g/mol. The number of aromatic hydroxyl groups is 1. The number of nitrogens with zero attached hydrogens (tertiary/aromatic N) is 1. The fourth-order valence-corrected chi connectivity index (χ4v) is 2.13. The summed E-state index contributed by atoms with van der Waals surface area (Å²) in [6.07, 6.45) is 1.42. The molecule has 0 aromatic heterocycles. The summed E-state index contributed by atoms with van der Waals surface area (Å²) in [7, 11) is 1.42. The van der Waals surface area contributed by atoms with Crippen molar-refractivity contribution in [3.8, 4) is 23.3 Å². The van der Waals surface area contributed by atoms with Gasteiger partial charge in [0.15, 0.2) is 11.5 Å². The van der Waals surface area contributed by atoms with E-state index in [1.54, 1.807) is 30.3 Å². The molecule has 0 aliphatic heterocycles. The lowest BCUT2D eigenvalue weighted by atomic mass is 10.1. The van der Waals surface area contributed by atoms with Crippen LogP contribution in [0.1, 0.15) is 12.5 Å². The molecule has 0 bridgehead atoms. The van der Waals surface area contributed by atoms with Crippen molar-refractivity contribution in [3.05, 3.63) is 53.6 Å². The average Bonchev–Trinajstić information content (AvgIpc) is 2.61. The number of rotatable bonds is 6. The fraction of sp³-hybridized carbons (Fsp3) is 0.158. The number of ether oxygens (including phenoxy) is 2. The third-order valence-corrected chi connectivity index (χ3v) is 3.28. The first kappa shape index (κ1) is 17.9. The number of nitrogens with one attached hydrogen (secondary N) is 1. The largest absolute Gasteiger partial charge is 0.504 e. The number of benzene rings is 2. The highest BCUT2D eigenvalue weighted by Gasteiger charge is 2.11. The van der Waals surface area contributed by atoms with E-state index in [4.69, 9.17) is 9.47 Å². The Morgan fingerprint density at radius 1 is 1.32 bits per heavy atom. The van der Waals surface area contributed by atoms with Gasteiger partial charge in [0.1, 0.15) is 17.4 Å². The molecule has 0 saturated heterocycles. The molecule has 2 aromatic rings. The van der Waals surface area contributed by atoms with Gasteiger partial charge in [0.2, 0.25) is 0 Å². The minimum absolute atomic E-state index is 0.0182. The van der Waals surface area contributed by atoms with Crippen LogP contribution >= 0.6 is 0 Å². The van der Waals surface area contributed by atoms with Gasteiger partial charge in [-0.2, -0.15) is 5.26 Å². The van der Waals surface area contributed by atoms with Crippen LogP contribution in [0.25, 0.3) is 6.08 Å². The molecule has 0 radical (unpaired) electrons. The normalized spacial score (nSPS) is 10.7. The maximum atomic E-state index is 12.3. The summed E-state index contributed by atoms with van der Waals surface area (Å²) < 4.78 is 10.4. The van der Waals surface area contributed by atoms with E-state index < -0.39 is 5.91 Å². The van der Waals surface area contributed by atoms with Crippen LogP contribution in [0.5, 0.6) is 17.2 Å². The Labute approximate surface area is 145 Å². The lowest BCUT2D eigenvalue weighted by molar-refractivity contribution is -0.112. The fourth-order valence-electron chi connectivity index (χ4n) is 2.13. The van der Waals surface area contributed by atoms with Gasteiger partial charge in [-0.05, 0) is 42.8 Å². The molecule has 2 rings (SSSR count). The van der Waals surface area contributed by atoms with Crippen LogP contribution in [0.15, 0.2) is 48.0 Å². The van der Waals surface area contributed by atoms with E-state index >= 15 is 0 Å². The Morgan fingerprint density at radius 3 is 2.80 bits per heavy atom. The van der Waals surface area contributed by atoms with Gasteiger partial charge < -0.3 is 19.9 Å². The number of nitriles is 1. The molecule has 2 N–H and O–H groups in total.